The SMILES string of the molecule is CC1(O)CCCN(CC2CCCCCC2N)C1. The van der Waals surface area contributed by atoms with E-state index in [0.29, 0.717) is 12.0 Å². The lowest BCUT2D eigenvalue weighted by atomic mass is 9.91. The summed E-state index contributed by atoms with van der Waals surface area (Å²) in [5.74, 6) is 0.645. The number of piperidine rings is 1. The van der Waals surface area contributed by atoms with Gasteiger partial charge in [0.1, 0.15) is 0 Å². The van der Waals surface area contributed by atoms with E-state index in [0.717, 1.165) is 32.5 Å². The molecule has 2 aliphatic rings. The molecular formula is C14H28N2O. The average Bonchev–Trinajstić information content (AvgIpc) is 2.43. The predicted molar refractivity (Wildman–Crippen MR) is 70.8 cm³/mol. The van der Waals surface area contributed by atoms with Crippen LogP contribution in [0.4, 0.5) is 0 Å². The van der Waals surface area contributed by atoms with Gasteiger partial charge in [0.25, 0.3) is 0 Å². The largest absolute Gasteiger partial charge is 0.389 e. The molecule has 0 spiro atoms. The Morgan fingerprint density at radius 1 is 1.24 bits per heavy atom. The van der Waals surface area contributed by atoms with Gasteiger partial charge in [0.2, 0.25) is 0 Å². The molecule has 3 nitrogen and oxygen atoms in total. The summed E-state index contributed by atoms with van der Waals surface area (Å²) in [6.45, 7) is 5.03. The monoisotopic (exact) mass is 240 g/mol. The number of hydrogen-bond donors (Lipinski definition) is 2. The van der Waals surface area contributed by atoms with Crippen LogP contribution in [0.15, 0.2) is 0 Å². The number of nitrogens with zero attached hydrogens (tertiary/aromatic N) is 1. The molecule has 100 valence electrons. The highest BCUT2D eigenvalue weighted by Gasteiger charge is 2.30. The third kappa shape index (κ3) is 3.94. The lowest BCUT2D eigenvalue weighted by Gasteiger charge is -2.39. The fourth-order valence-electron chi connectivity index (χ4n) is 3.45. The van der Waals surface area contributed by atoms with Crippen molar-refractivity contribution in [2.24, 2.45) is 11.7 Å². The van der Waals surface area contributed by atoms with Crippen molar-refractivity contribution in [3.05, 3.63) is 0 Å². The molecule has 1 saturated carbocycles. The van der Waals surface area contributed by atoms with E-state index in [9.17, 15) is 5.11 Å². The van der Waals surface area contributed by atoms with Gasteiger partial charge >= 0.3 is 0 Å². The number of aliphatic hydroxyl groups is 1. The Kier molecular flexibility index (Phi) is 4.45. The fraction of sp³-hybridized carbons (Fsp3) is 1.00. The van der Waals surface area contributed by atoms with Crippen molar-refractivity contribution in [1.29, 1.82) is 0 Å². The number of rotatable bonds is 2. The first kappa shape index (κ1) is 13.3. The molecule has 0 amide bonds. The third-order valence-corrected chi connectivity index (χ3v) is 4.46. The predicted octanol–water partition coefficient (Wildman–Crippen LogP) is 1.74. The van der Waals surface area contributed by atoms with Crippen LogP contribution >= 0.6 is 0 Å². The zero-order valence-corrected chi connectivity index (χ0v) is 11.2. The van der Waals surface area contributed by atoms with Crippen molar-refractivity contribution >= 4 is 0 Å². The van der Waals surface area contributed by atoms with E-state index in [-0.39, 0.29) is 0 Å². The molecule has 3 N–H and O–H groups in total. The highest BCUT2D eigenvalue weighted by atomic mass is 16.3. The highest BCUT2D eigenvalue weighted by molar-refractivity contribution is 4.86. The van der Waals surface area contributed by atoms with E-state index in [1.54, 1.807) is 0 Å². The van der Waals surface area contributed by atoms with Gasteiger partial charge in [-0.1, -0.05) is 19.3 Å². The molecule has 3 heteroatoms. The zero-order chi connectivity index (χ0) is 12.3. The number of nitrogens with two attached hydrogens (primary N) is 1. The van der Waals surface area contributed by atoms with Gasteiger partial charge in [0.15, 0.2) is 0 Å². The standard InChI is InChI=1S/C14H28N2O/c1-14(17)8-5-9-16(11-14)10-12-6-3-2-4-7-13(12)15/h12-13,17H,2-11,15H2,1H3. The van der Waals surface area contributed by atoms with Crippen molar-refractivity contribution in [3.8, 4) is 0 Å². The van der Waals surface area contributed by atoms with Crippen LogP contribution in [0.3, 0.4) is 0 Å². The van der Waals surface area contributed by atoms with E-state index in [2.05, 4.69) is 4.90 Å². The van der Waals surface area contributed by atoms with Crippen LogP contribution in [0.5, 0.6) is 0 Å². The van der Waals surface area contributed by atoms with Gasteiger partial charge in [0.05, 0.1) is 5.60 Å². The van der Waals surface area contributed by atoms with Crippen LogP contribution in [0.25, 0.3) is 0 Å². The number of β-amino-alcohol motifs (C(OH)–C–C–N with tert-alkyl or cyclic N) is 1. The first-order valence-corrected chi connectivity index (χ1v) is 7.27. The summed E-state index contributed by atoms with van der Waals surface area (Å²) >= 11 is 0. The second kappa shape index (κ2) is 5.68. The lowest BCUT2D eigenvalue weighted by molar-refractivity contribution is -0.0212. The van der Waals surface area contributed by atoms with Crippen molar-refractivity contribution < 1.29 is 5.11 Å². The maximum Gasteiger partial charge on any atom is 0.0746 e. The first-order valence-electron chi connectivity index (χ1n) is 7.27. The molecule has 0 aromatic rings. The summed E-state index contributed by atoms with van der Waals surface area (Å²) in [4.78, 5) is 2.43. The Morgan fingerprint density at radius 3 is 2.76 bits per heavy atom. The lowest BCUT2D eigenvalue weighted by Crippen LogP contribution is -2.49. The van der Waals surface area contributed by atoms with Crippen LogP contribution in [-0.2, 0) is 0 Å². The normalized spacial score (nSPS) is 41.1. The van der Waals surface area contributed by atoms with Crippen molar-refractivity contribution in [1.82, 2.24) is 4.90 Å². The van der Waals surface area contributed by atoms with Gasteiger partial charge in [-0.05, 0) is 45.1 Å². The molecular weight excluding hydrogens is 212 g/mol. The van der Waals surface area contributed by atoms with Gasteiger partial charge in [-0.3, -0.25) is 0 Å². The van der Waals surface area contributed by atoms with Crippen LogP contribution in [0.1, 0.15) is 51.9 Å². The summed E-state index contributed by atoms with van der Waals surface area (Å²) in [5, 5.41) is 10.1. The van der Waals surface area contributed by atoms with E-state index < -0.39 is 5.60 Å². The molecule has 0 bridgehead atoms. The van der Waals surface area contributed by atoms with Gasteiger partial charge < -0.3 is 15.7 Å². The maximum absolute atomic E-state index is 10.1. The first-order chi connectivity index (χ1) is 8.07. The molecule has 2 rings (SSSR count). The minimum Gasteiger partial charge on any atom is -0.389 e. The maximum atomic E-state index is 10.1. The van der Waals surface area contributed by atoms with Gasteiger partial charge in [-0.25, -0.2) is 0 Å². The van der Waals surface area contributed by atoms with Crippen molar-refractivity contribution in [3.63, 3.8) is 0 Å². The molecule has 0 radical (unpaired) electrons. The van der Waals surface area contributed by atoms with E-state index in [1.807, 2.05) is 6.92 Å². The van der Waals surface area contributed by atoms with Gasteiger partial charge in [-0.2, -0.15) is 0 Å². The van der Waals surface area contributed by atoms with Crippen LogP contribution in [0, 0.1) is 5.92 Å². The topological polar surface area (TPSA) is 49.5 Å². The Bertz CT molecular complexity index is 242. The summed E-state index contributed by atoms with van der Waals surface area (Å²) < 4.78 is 0. The molecule has 0 aromatic heterocycles. The van der Waals surface area contributed by atoms with E-state index >= 15 is 0 Å². The quantitative estimate of drug-likeness (QED) is 0.723. The average molecular weight is 240 g/mol. The summed E-state index contributed by atoms with van der Waals surface area (Å²) in [7, 11) is 0. The number of likely N-dealkylation sites (tertiary alicyclic amines) is 1. The fourth-order valence-corrected chi connectivity index (χ4v) is 3.45. The molecule has 1 saturated heterocycles. The second-order valence-electron chi connectivity index (χ2n) is 6.40. The smallest absolute Gasteiger partial charge is 0.0746 e. The van der Waals surface area contributed by atoms with Crippen molar-refractivity contribution in [2.45, 2.75) is 63.5 Å². The van der Waals surface area contributed by atoms with Crippen LogP contribution in [-0.4, -0.2) is 41.3 Å². The summed E-state index contributed by atoms with van der Waals surface area (Å²) in [6, 6.07) is 0.379. The Hall–Kier alpha value is -0.120. The summed E-state index contributed by atoms with van der Waals surface area (Å²) in [6.07, 6.45) is 8.52. The summed E-state index contributed by atoms with van der Waals surface area (Å²) in [5.41, 5.74) is 5.80. The Labute approximate surface area is 105 Å². The minimum atomic E-state index is -0.479. The van der Waals surface area contributed by atoms with Gasteiger partial charge in [-0.15, -0.1) is 0 Å². The van der Waals surface area contributed by atoms with E-state index in [4.69, 9.17) is 5.73 Å². The third-order valence-electron chi connectivity index (χ3n) is 4.46. The molecule has 1 aliphatic heterocycles. The Morgan fingerprint density at radius 2 is 2.00 bits per heavy atom. The zero-order valence-electron chi connectivity index (χ0n) is 11.2. The van der Waals surface area contributed by atoms with E-state index in [1.165, 1.54) is 32.1 Å². The van der Waals surface area contributed by atoms with Crippen molar-refractivity contribution in [2.75, 3.05) is 19.6 Å². The van der Waals surface area contributed by atoms with Crippen LogP contribution in [0.2, 0.25) is 0 Å². The molecule has 3 atom stereocenters. The highest BCUT2D eigenvalue weighted by Crippen LogP contribution is 2.26. The number of hydrogen-bond acceptors (Lipinski definition) is 3. The second-order valence-corrected chi connectivity index (χ2v) is 6.40. The molecule has 1 aliphatic carbocycles. The molecule has 2 fully saturated rings. The molecule has 1 heterocycles. The van der Waals surface area contributed by atoms with Crippen LogP contribution < -0.4 is 5.73 Å². The molecule has 0 aromatic carbocycles. The Balaban J connectivity index is 1.86. The minimum absolute atomic E-state index is 0.379. The van der Waals surface area contributed by atoms with Gasteiger partial charge in [0, 0.05) is 19.1 Å². The molecule has 3 unspecified atom stereocenters. The molecule has 17 heavy (non-hydrogen) atoms.